The Hall–Kier alpha value is -1.70. The second-order valence-electron chi connectivity index (χ2n) is 8.65. The fourth-order valence-corrected chi connectivity index (χ4v) is 7.00. The number of anilines is 1. The van der Waals surface area contributed by atoms with Crippen molar-refractivity contribution in [2.45, 2.75) is 50.2 Å². The molecular weight excluding hydrogens is 430 g/mol. The molecule has 1 N–H and O–H groups in total. The first-order valence-corrected chi connectivity index (χ1v) is 12.0. The van der Waals surface area contributed by atoms with Crippen molar-refractivity contribution in [2.24, 2.45) is 11.8 Å². The van der Waals surface area contributed by atoms with Gasteiger partial charge in [0.05, 0.1) is 46.1 Å². The summed E-state index contributed by atoms with van der Waals surface area (Å²) in [5.74, 6) is -0.857. The third kappa shape index (κ3) is 2.55. The molecule has 4 aliphatic rings. The molecule has 0 radical (unpaired) electrons. The lowest BCUT2D eigenvalue weighted by atomic mass is 9.64. The van der Waals surface area contributed by atoms with Crippen LogP contribution in [0.25, 0.3) is 0 Å². The van der Waals surface area contributed by atoms with Crippen molar-refractivity contribution < 1.29 is 22.7 Å². The lowest BCUT2D eigenvalue weighted by molar-refractivity contribution is -0.143. The molecule has 1 spiro atoms. The van der Waals surface area contributed by atoms with Gasteiger partial charge in [-0.1, -0.05) is 11.6 Å². The molecule has 1 aromatic rings. The van der Waals surface area contributed by atoms with Gasteiger partial charge >= 0.3 is 0 Å². The summed E-state index contributed by atoms with van der Waals surface area (Å²) in [6, 6.07) is 6.49. The average Bonchev–Trinajstić information content (AvgIpc) is 3.25. The highest BCUT2D eigenvalue weighted by Crippen LogP contribution is 2.65. The zero-order valence-electron chi connectivity index (χ0n) is 16.6. The zero-order chi connectivity index (χ0) is 21.5. The number of nitriles is 1. The summed E-state index contributed by atoms with van der Waals surface area (Å²) in [6.07, 6.45) is 0.385. The van der Waals surface area contributed by atoms with Crippen molar-refractivity contribution in [3.8, 4) is 6.07 Å². The van der Waals surface area contributed by atoms with Crippen molar-refractivity contribution in [3.63, 3.8) is 0 Å². The Morgan fingerprint density at radius 2 is 2.20 bits per heavy atom. The molecule has 8 nitrogen and oxygen atoms in total. The van der Waals surface area contributed by atoms with E-state index < -0.39 is 39.4 Å². The Labute approximate surface area is 180 Å². The highest BCUT2D eigenvalue weighted by atomic mass is 35.5. The molecule has 4 heterocycles. The number of nitrogens with zero attached hydrogens (tertiary/aromatic N) is 2. The second-order valence-corrected chi connectivity index (χ2v) is 11.1. The molecule has 6 atom stereocenters. The number of fused-ring (bicyclic) bond motifs is 2. The van der Waals surface area contributed by atoms with Gasteiger partial charge in [0.1, 0.15) is 12.3 Å². The van der Waals surface area contributed by atoms with E-state index in [1.807, 2.05) is 13.0 Å². The highest BCUT2D eigenvalue weighted by molar-refractivity contribution is 7.89. The topological polar surface area (TPSA) is 109 Å². The summed E-state index contributed by atoms with van der Waals surface area (Å²) in [5, 5.41) is 9.41. The lowest BCUT2D eigenvalue weighted by Crippen LogP contribution is -2.61. The number of carbonyl (C=O) groups is 1. The maximum Gasteiger partial charge on any atom is 0.235 e. The van der Waals surface area contributed by atoms with E-state index >= 15 is 0 Å². The van der Waals surface area contributed by atoms with Gasteiger partial charge in [-0.3, -0.25) is 9.69 Å². The number of rotatable bonds is 4. The van der Waals surface area contributed by atoms with E-state index in [4.69, 9.17) is 26.3 Å². The quantitative estimate of drug-likeness (QED) is 0.747. The standard InChI is InChI=1S/C20H22ClN3O5S/c1-3-30(26,27)23-14-9-19(2)15-16-18(28-7-6-20(14,16)29-19)24(17(15)25)12-5-4-11(10-22)13(21)8-12/h4-5,8,14-16,18,23H,3,6-7,9H2,1-2H3. The largest absolute Gasteiger partial charge is 0.366 e. The first kappa shape index (κ1) is 20.2. The van der Waals surface area contributed by atoms with Crippen LogP contribution in [0.4, 0.5) is 5.69 Å². The van der Waals surface area contributed by atoms with E-state index in [2.05, 4.69) is 4.72 Å². The summed E-state index contributed by atoms with van der Waals surface area (Å²) in [6.45, 7) is 3.84. The van der Waals surface area contributed by atoms with Crippen molar-refractivity contribution in [1.82, 2.24) is 4.72 Å². The van der Waals surface area contributed by atoms with Crippen molar-refractivity contribution in [3.05, 3.63) is 28.8 Å². The molecule has 1 amide bonds. The van der Waals surface area contributed by atoms with Crippen molar-refractivity contribution in [1.29, 1.82) is 5.26 Å². The molecule has 4 fully saturated rings. The number of sulfonamides is 1. The van der Waals surface area contributed by atoms with Crippen LogP contribution >= 0.6 is 11.6 Å². The SMILES string of the molecule is CCS(=O)(=O)NC1CC2(C)OC13CCOC1C3C2C(=O)N1c1ccc(C#N)c(Cl)c1. The minimum absolute atomic E-state index is 0.0148. The minimum atomic E-state index is -3.43. The molecule has 4 saturated heterocycles. The molecule has 5 rings (SSSR count). The van der Waals surface area contributed by atoms with Crippen LogP contribution in [0.3, 0.4) is 0 Å². The van der Waals surface area contributed by atoms with Gasteiger partial charge in [-0.2, -0.15) is 5.26 Å². The third-order valence-corrected chi connectivity index (χ3v) is 8.82. The van der Waals surface area contributed by atoms with Crippen molar-refractivity contribution >= 4 is 33.2 Å². The number of benzene rings is 1. The monoisotopic (exact) mass is 451 g/mol. The molecular formula is C20H22ClN3O5S. The number of carbonyl (C=O) groups excluding carboxylic acids is 1. The predicted molar refractivity (Wildman–Crippen MR) is 108 cm³/mol. The smallest absolute Gasteiger partial charge is 0.235 e. The summed E-state index contributed by atoms with van der Waals surface area (Å²) in [5.41, 5.74) is -0.669. The Bertz CT molecular complexity index is 1090. The number of hydrogen-bond acceptors (Lipinski definition) is 6. The summed E-state index contributed by atoms with van der Waals surface area (Å²) < 4.78 is 40.0. The van der Waals surface area contributed by atoms with E-state index in [1.54, 1.807) is 30.0 Å². The predicted octanol–water partition coefficient (Wildman–Crippen LogP) is 1.78. The summed E-state index contributed by atoms with van der Waals surface area (Å²) in [4.78, 5) is 15.2. The van der Waals surface area contributed by atoms with Gasteiger partial charge in [0.25, 0.3) is 0 Å². The molecule has 160 valence electrons. The van der Waals surface area contributed by atoms with Crippen LogP contribution in [0, 0.1) is 23.2 Å². The Kier molecular flexibility index (Phi) is 4.32. The molecule has 0 aliphatic carbocycles. The van der Waals surface area contributed by atoms with Crippen LogP contribution in [0.1, 0.15) is 32.3 Å². The van der Waals surface area contributed by atoms with Gasteiger partial charge < -0.3 is 9.47 Å². The molecule has 10 heteroatoms. The van der Waals surface area contributed by atoms with Gasteiger partial charge in [-0.25, -0.2) is 13.1 Å². The third-order valence-electron chi connectivity index (χ3n) is 7.10. The van der Waals surface area contributed by atoms with Gasteiger partial charge in [-0.05, 0) is 38.5 Å². The van der Waals surface area contributed by atoms with Gasteiger partial charge in [-0.15, -0.1) is 0 Å². The number of ether oxygens (including phenoxy) is 2. The first-order chi connectivity index (χ1) is 14.2. The minimum Gasteiger partial charge on any atom is -0.366 e. The average molecular weight is 452 g/mol. The molecule has 0 aromatic heterocycles. The lowest BCUT2D eigenvalue weighted by Gasteiger charge is -2.45. The zero-order valence-corrected chi connectivity index (χ0v) is 18.2. The second kappa shape index (κ2) is 6.40. The summed E-state index contributed by atoms with van der Waals surface area (Å²) in [7, 11) is -3.43. The van der Waals surface area contributed by atoms with Gasteiger partial charge in [0.2, 0.25) is 15.9 Å². The summed E-state index contributed by atoms with van der Waals surface area (Å²) >= 11 is 6.21. The Balaban J connectivity index is 1.57. The number of halogens is 1. The van der Waals surface area contributed by atoms with Crippen LogP contribution in [0.15, 0.2) is 18.2 Å². The van der Waals surface area contributed by atoms with Gasteiger partial charge in [0, 0.05) is 18.0 Å². The fraction of sp³-hybridized carbons (Fsp3) is 0.600. The number of hydrogen-bond donors (Lipinski definition) is 1. The van der Waals surface area contributed by atoms with Crippen LogP contribution < -0.4 is 9.62 Å². The number of amides is 1. The van der Waals surface area contributed by atoms with Crippen molar-refractivity contribution in [2.75, 3.05) is 17.3 Å². The maximum absolute atomic E-state index is 13.6. The fourth-order valence-electron chi connectivity index (χ4n) is 5.90. The molecule has 2 bridgehead atoms. The Morgan fingerprint density at radius 1 is 1.43 bits per heavy atom. The van der Waals surface area contributed by atoms with Gasteiger partial charge in [0.15, 0.2) is 0 Å². The van der Waals surface area contributed by atoms with Crippen LogP contribution in [0.5, 0.6) is 0 Å². The highest BCUT2D eigenvalue weighted by Gasteiger charge is 2.78. The molecule has 4 aliphatic heterocycles. The van der Waals surface area contributed by atoms with E-state index in [9.17, 15) is 13.2 Å². The van der Waals surface area contributed by atoms with E-state index in [1.165, 1.54) is 0 Å². The maximum atomic E-state index is 13.6. The number of nitrogens with one attached hydrogen (secondary N) is 1. The normalized spacial score (nSPS) is 39.3. The molecule has 0 saturated carbocycles. The van der Waals surface area contributed by atoms with Crippen LogP contribution in [-0.4, -0.2) is 50.2 Å². The molecule has 1 aromatic carbocycles. The molecule has 30 heavy (non-hydrogen) atoms. The van der Waals surface area contributed by atoms with E-state index in [-0.39, 0.29) is 22.6 Å². The van der Waals surface area contributed by atoms with E-state index in [0.29, 0.717) is 30.7 Å². The van der Waals surface area contributed by atoms with E-state index in [0.717, 1.165) is 0 Å². The first-order valence-electron chi connectivity index (χ1n) is 10.0. The van der Waals surface area contributed by atoms with Crippen LogP contribution in [0.2, 0.25) is 5.02 Å². The Morgan fingerprint density at radius 3 is 2.87 bits per heavy atom. The molecule has 6 unspecified atom stereocenters. The van der Waals surface area contributed by atoms with Crippen LogP contribution in [-0.2, 0) is 24.3 Å².